The van der Waals surface area contributed by atoms with Gasteiger partial charge in [-0.05, 0) is 144 Å². The molecular formula is C40H42N2O4. The third kappa shape index (κ3) is 3.22. The van der Waals surface area contributed by atoms with Gasteiger partial charge in [0.05, 0.1) is 22.3 Å². The molecule has 5 aromatic carbocycles. The first kappa shape index (κ1) is 30.3. The quantitative estimate of drug-likeness (QED) is 0.109. The van der Waals surface area contributed by atoms with Crippen LogP contribution in [0.3, 0.4) is 0 Å². The van der Waals surface area contributed by atoms with E-state index in [0.717, 1.165) is 87.6 Å². The van der Waals surface area contributed by atoms with E-state index in [9.17, 15) is 19.2 Å². The highest BCUT2D eigenvalue weighted by molar-refractivity contribution is 6.44. The summed E-state index contributed by atoms with van der Waals surface area (Å²) < 4.78 is 0. The van der Waals surface area contributed by atoms with E-state index >= 15 is 0 Å². The highest BCUT2D eigenvalue weighted by Crippen LogP contribution is 2.54. The molecule has 6 heteroatoms. The van der Waals surface area contributed by atoms with Gasteiger partial charge in [-0.25, -0.2) is 0 Å². The number of fused-ring (bicyclic) bond motifs is 2. The summed E-state index contributed by atoms with van der Waals surface area (Å²) in [6.45, 7) is 21.0. The first-order valence-electron chi connectivity index (χ1n) is 17.0. The molecule has 46 heavy (non-hydrogen) atoms. The lowest BCUT2D eigenvalue weighted by Crippen LogP contribution is -2.41. The average Bonchev–Trinajstić information content (AvgIpc) is 3.02. The Morgan fingerprint density at radius 1 is 0.348 bits per heavy atom. The number of hydrogen-bond acceptors (Lipinski definition) is 4. The van der Waals surface area contributed by atoms with E-state index in [-0.39, 0.29) is 23.6 Å². The molecule has 0 fully saturated rings. The Hall–Kier alpha value is -4.32. The van der Waals surface area contributed by atoms with Crippen LogP contribution in [0.15, 0.2) is 0 Å². The smallest absolute Gasteiger partial charge is 0.261 e. The van der Waals surface area contributed by atoms with Crippen molar-refractivity contribution in [2.24, 2.45) is 0 Å². The van der Waals surface area contributed by atoms with Gasteiger partial charge in [-0.2, -0.15) is 0 Å². The number of carbonyl (C=O) groups is 4. The summed E-state index contributed by atoms with van der Waals surface area (Å²) in [7, 11) is 0. The molecule has 0 unspecified atom stereocenters. The Labute approximate surface area is 270 Å². The number of hydrogen-bond donors (Lipinski definition) is 0. The van der Waals surface area contributed by atoms with Crippen molar-refractivity contribution < 1.29 is 19.2 Å². The minimum absolute atomic E-state index is 0.223. The van der Waals surface area contributed by atoms with E-state index in [1.807, 2.05) is 41.5 Å². The molecule has 0 bridgehead atoms. The van der Waals surface area contributed by atoms with Crippen molar-refractivity contribution in [1.82, 2.24) is 9.80 Å². The lowest BCUT2D eigenvalue weighted by Gasteiger charge is -2.35. The van der Waals surface area contributed by atoms with Crippen molar-refractivity contribution in [3.05, 3.63) is 66.8 Å². The van der Waals surface area contributed by atoms with Gasteiger partial charge >= 0.3 is 0 Å². The number of nitrogens with zero attached hydrogens (tertiary/aromatic N) is 2. The topological polar surface area (TPSA) is 74.8 Å². The van der Waals surface area contributed by atoms with Gasteiger partial charge in [0, 0.05) is 23.9 Å². The lowest BCUT2D eigenvalue weighted by atomic mass is 9.72. The normalized spacial score (nSPS) is 14.9. The van der Waals surface area contributed by atoms with E-state index in [1.165, 1.54) is 9.80 Å². The highest BCUT2D eigenvalue weighted by atomic mass is 16.2. The standard InChI is InChI=1S/C40H42N2O4/c1-11-21-17(7)25-33-26(38(44)41(15-5)37(25)43)19(9)23(13-3)31-32-24(14-4)20(10)28-34-27(39(45)42(16-6)40(28)46)18(8)22(12-2)30(36(32)34)29(21)35(31)33/h11-16H2,1-10H3. The zero-order chi connectivity index (χ0) is 33.3. The maximum Gasteiger partial charge on any atom is 0.261 e. The van der Waals surface area contributed by atoms with Gasteiger partial charge in [0.15, 0.2) is 0 Å². The minimum Gasteiger partial charge on any atom is -0.275 e. The van der Waals surface area contributed by atoms with Crippen molar-refractivity contribution in [1.29, 1.82) is 0 Å². The predicted octanol–water partition coefficient (Wildman–Crippen LogP) is 8.45. The van der Waals surface area contributed by atoms with Crippen LogP contribution in [0.25, 0.3) is 43.1 Å². The molecule has 2 aliphatic rings. The average molecular weight is 615 g/mol. The monoisotopic (exact) mass is 614 g/mol. The summed E-state index contributed by atoms with van der Waals surface area (Å²) in [5.74, 6) is -0.892. The summed E-state index contributed by atoms with van der Waals surface area (Å²) in [5, 5.41) is 7.83. The van der Waals surface area contributed by atoms with Crippen LogP contribution in [0.5, 0.6) is 0 Å². The Bertz CT molecular complexity index is 1980. The second-order valence-electron chi connectivity index (χ2n) is 13.0. The predicted molar refractivity (Wildman–Crippen MR) is 186 cm³/mol. The molecule has 0 aromatic heterocycles. The summed E-state index contributed by atoms with van der Waals surface area (Å²) in [4.78, 5) is 59.7. The Kier molecular flexibility index (Phi) is 6.65. The van der Waals surface area contributed by atoms with Crippen molar-refractivity contribution in [2.75, 3.05) is 13.1 Å². The molecule has 2 heterocycles. The molecule has 0 N–H and O–H groups in total. The molecule has 0 saturated carbocycles. The molecule has 0 saturated heterocycles. The summed E-state index contributed by atoms with van der Waals surface area (Å²) in [6, 6.07) is 0. The Morgan fingerprint density at radius 2 is 0.565 bits per heavy atom. The third-order valence-corrected chi connectivity index (χ3v) is 11.4. The molecule has 6 nitrogen and oxygen atoms in total. The van der Waals surface area contributed by atoms with Gasteiger partial charge in [-0.1, -0.05) is 27.7 Å². The summed E-state index contributed by atoms with van der Waals surface area (Å²) in [6.07, 6.45) is 2.79. The van der Waals surface area contributed by atoms with Crippen LogP contribution in [-0.4, -0.2) is 46.5 Å². The van der Waals surface area contributed by atoms with Crippen LogP contribution >= 0.6 is 0 Å². The molecule has 2 aliphatic heterocycles. The molecule has 0 aliphatic carbocycles. The number of rotatable bonds is 6. The van der Waals surface area contributed by atoms with Gasteiger partial charge < -0.3 is 0 Å². The lowest BCUT2D eigenvalue weighted by molar-refractivity contribution is 0.0602. The molecule has 0 radical (unpaired) electrons. The second-order valence-corrected chi connectivity index (χ2v) is 13.0. The Morgan fingerprint density at radius 3 is 0.739 bits per heavy atom. The van der Waals surface area contributed by atoms with Crippen LogP contribution < -0.4 is 0 Å². The van der Waals surface area contributed by atoms with E-state index in [2.05, 4.69) is 27.7 Å². The molecule has 5 aromatic rings. The number of benzene rings is 5. The van der Waals surface area contributed by atoms with Gasteiger partial charge in [-0.3, -0.25) is 29.0 Å². The molecular weight excluding hydrogens is 572 g/mol. The first-order valence-corrected chi connectivity index (χ1v) is 17.0. The molecule has 0 spiro atoms. The molecule has 7 rings (SSSR count). The van der Waals surface area contributed by atoms with Crippen LogP contribution in [0, 0.1) is 27.7 Å². The first-order chi connectivity index (χ1) is 22.0. The Balaban J connectivity index is 1.98. The van der Waals surface area contributed by atoms with Crippen molar-refractivity contribution in [2.45, 2.75) is 94.9 Å². The largest absolute Gasteiger partial charge is 0.275 e. The SMILES string of the molecule is CCc1c(C)c2c3c(c(C)c(CC)c4c5c(CC)c(C)c6c7c(c(C)c(CC)c(c1c34)c75)C(=O)N(CC)C6=O)C(=O)N(CC)C2=O. The van der Waals surface area contributed by atoms with E-state index < -0.39 is 0 Å². The second kappa shape index (κ2) is 10.1. The molecule has 4 amide bonds. The number of carbonyl (C=O) groups excluding carboxylic acids is 4. The van der Waals surface area contributed by atoms with Crippen LogP contribution in [0.1, 0.15) is 127 Å². The van der Waals surface area contributed by atoms with Crippen LogP contribution in [-0.2, 0) is 25.7 Å². The molecule has 0 atom stereocenters. The van der Waals surface area contributed by atoms with Gasteiger partial charge in [-0.15, -0.1) is 0 Å². The van der Waals surface area contributed by atoms with Crippen molar-refractivity contribution in [3.8, 4) is 0 Å². The fourth-order valence-corrected chi connectivity index (χ4v) is 9.45. The van der Waals surface area contributed by atoms with Crippen LogP contribution in [0.4, 0.5) is 0 Å². The van der Waals surface area contributed by atoms with E-state index in [1.54, 1.807) is 0 Å². The highest BCUT2D eigenvalue weighted by Gasteiger charge is 2.42. The van der Waals surface area contributed by atoms with E-state index in [4.69, 9.17) is 0 Å². The number of aryl methyl sites for hydroxylation is 4. The van der Waals surface area contributed by atoms with Crippen molar-refractivity contribution in [3.63, 3.8) is 0 Å². The molecule has 236 valence electrons. The van der Waals surface area contributed by atoms with Crippen LogP contribution in [0.2, 0.25) is 0 Å². The van der Waals surface area contributed by atoms with Gasteiger partial charge in [0.25, 0.3) is 23.6 Å². The van der Waals surface area contributed by atoms with Gasteiger partial charge in [0.2, 0.25) is 0 Å². The summed E-state index contributed by atoms with van der Waals surface area (Å²) in [5.41, 5.74) is 10.6. The fourth-order valence-electron chi connectivity index (χ4n) is 9.45. The zero-order valence-electron chi connectivity index (χ0n) is 28.8. The minimum atomic E-state index is -0.223. The summed E-state index contributed by atoms with van der Waals surface area (Å²) >= 11 is 0. The zero-order valence-corrected chi connectivity index (χ0v) is 28.8. The number of amides is 4. The maximum atomic E-state index is 14.2. The van der Waals surface area contributed by atoms with E-state index in [0.29, 0.717) is 61.0 Å². The fraction of sp³-hybridized carbons (Fsp3) is 0.400. The van der Waals surface area contributed by atoms with Gasteiger partial charge in [0.1, 0.15) is 0 Å². The van der Waals surface area contributed by atoms with Crippen molar-refractivity contribution >= 4 is 66.7 Å². The number of imide groups is 2. The third-order valence-electron chi connectivity index (χ3n) is 11.4. The maximum absolute atomic E-state index is 14.2.